The average Bonchev–Trinajstić information content (AvgIpc) is 2.30. The predicted octanol–water partition coefficient (Wildman–Crippen LogP) is 1.94. The summed E-state index contributed by atoms with van der Waals surface area (Å²) in [6.45, 7) is 5.35. The summed E-state index contributed by atoms with van der Waals surface area (Å²) in [6.07, 6.45) is 6.51. The van der Waals surface area contributed by atoms with Crippen molar-refractivity contribution < 1.29 is 15.1 Å². The first kappa shape index (κ1) is 13.0. The minimum atomic E-state index is -0.776. The van der Waals surface area contributed by atoms with Crippen molar-refractivity contribution in [1.29, 1.82) is 0 Å². The molecule has 0 amide bonds. The molecule has 1 atom stereocenters. The van der Waals surface area contributed by atoms with E-state index in [1.165, 1.54) is 6.08 Å². The number of hydrogen-bond donors (Lipinski definition) is 1. The Morgan fingerprint density at radius 1 is 1.35 bits per heavy atom. The number of para-hydroxylation sites is 1. The molecule has 4 nitrogen and oxygen atoms in total. The van der Waals surface area contributed by atoms with Crippen molar-refractivity contribution in [1.82, 2.24) is 0 Å². The molecule has 0 saturated carbocycles. The zero-order valence-electron chi connectivity index (χ0n) is 9.63. The molecule has 1 rings (SSSR count). The highest BCUT2D eigenvalue weighted by molar-refractivity contribution is 5.20. The van der Waals surface area contributed by atoms with E-state index in [4.69, 9.17) is 9.68 Å². The Morgan fingerprint density at radius 3 is 2.65 bits per heavy atom. The molecule has 1 N–H and O–H groups in total. The van der Waals surface area contributed by atoms with E-state index in [-0.39, 0.29) is 0 Å². The minimum Gasteiger partial charge on any atom is -0.547 e. The molecule has 0 bridgehead atoms. The minimum absolute atomic E-state index is 0.378. The molecule has 0 saturated heterocycles. The Morgan fingerprint density at radius 2 is 2.06 bits per heavy atom. The third-order valence-corrected chi connectivity index (χ3v) is 1.76. The normalized spacial score (nSPS) is 13.4. The lowest BCUT2D eigenvalue weighted by atomic mass is 10.3. The van der Waals surface area contributed by atoms with E-state index in [0.29, 0.717) is 11.5 Å². The fraction of sp³-hybridized carbons (Fsp3) is 0.0769. The highest BCUT2D eigenvalue weighted by Crippen LogP contribution is 2.05. The maximum Gasteiger partial charge on any atom is 0.196 e. The van der Waals surface area contributed by atoms with Crippen LogP contribution in [0.15, 0.2) is 67.0 Å². The van der Waals surface area contributed by atoms with Gasteiger partial charge in [-0.05, 0) is 31.2 Å². The van der Waals surface area contributed by atoms with Crippen LogP contribution in [0.25, 0.3) is 0 Å². The summed E-state index contributed by atoms with van der Waals surface area (Å²) < 4.78 is 0. The zero-order valence-corrected chi connectivity index (χ0v) is 9.63. The molecule has 0 spiro atoms. The van der Waals surface area contributed by atoms with Crippen molar-refractivity contribution in [3.05, 3.63) is 72.2 Å². The van der Waals surface area contributed by atoms with Gasteiger partial charge in [0, 0.05) is 5.39 Å². The maximum absolute atomic E-state index is 11.4. The molecule has 0 aliphatic heterocycles. The van der Waals surface area contributed by atoms with Crippen LogP contribution in [0.3, 0.4) is 0 Å². The number of benzene rings is 1. The van der Waals surface area contributed by atoms with E-state index < -0.39 is 5.39 Å². The SMILES string of the molecule is C=C/C=C(\C=C/C)O[NH+]([O-])Oc1ccccc1. The van der Waals surface area contributed by atoms with Crippen molar-refractivity contribution in [2.24, 2.45) is 0 Å². The number of nitrogens with one attached hydrogen (secondary N) is 1. The predicted molar refractivity (Wildman–Crippen MR) is 65.6 cm³/mol. The van der Waals surface area contributed by atoms with Crippen LogP contribution in [-0.4, -0.2) is 0 Å². The van der Waals surface area contributed by atoms with Crippen LogP contribution in [-0.2, 0) is 4.84 Å². The van der Waals surface area contributed by atoms with Gasteiger partial charge < -0.3 is 5.21 Å². The number of quaternary nitrogens is 1. The van der Waals surface area contributed by atoms with Gasteiger partial charge >= 0.3 is 0 Å². The molecular formula is C13H15NO3. The Balaban J connectivity index is 2.56. The van der Waals surface area contributed by atoms with Gasteiger partial charge in [-0.15, -0.1) is 0 Å². The first-order valence-corrected chi connectivity index (χ1v) is 5.16. The van der Waals surface area contributed by atoms with Crippen LogP contribution in [0.2, 0.25) is 0 Å². The Hall–Kier alpha value is -2.04. The molecule has 1 aromatic rings. The molecule has 4 heteroatoms. The van der Waals surface area contributed by atoms with Gasteiger partial charge in [-0.1, -0.05) is 36.9 Å². The summed E-state index contributed by atoms with van der Waals surface area (Å²) in [5, 5.41) is 10.6. The first-order chi connectivity index (χ1) is 8.26. The Bertz CT molecular complexity index is 398. The molecule has 0 aliphatic rings. The summed E-state index contributed by atoms with van der Waals surface area (Å²) in [6, 6.07) is 8.73. The van der Waals surface area contributed by atoms with Crippen molar-refractivity contribution in [2.75, 3.05) is 0 Å². The van der Waals surface area contributed by atoms with Gasteiger partial charge in [0.2, 0.25) is 0 Å². The molecule has 0 radical (unpaired) electrons. The van der Waals surface area contributed by atoms with Gasteiger partial charge in [-0.3, -0.25) is 9.68 Å². The lowest BCUT2D eigenvalue weighted by molar-refractivity contribution is -1.18. The highest BCUT2D eigenvalue weighted by Gasteiger charge is 2.03. The standard InChI is InChI=1S/C13H15NO3/c1-3-8-12(9-4-2)16-14(15)17-13-10-6-5-7-11-13/h3-11,14H,1H2,2H3/b9-4-,12-8+. The van der Waals surface area contributed by atoms with Crippen LogP contribution in [0.4, 0.5) is 0 Å². The van der Waals surface area contributed by atoms with Crippen molar-refractivity contribution >= 4 is 0 Å². The van der Waals surface area contributed by atoms with Gasteiger partial charge in [-0.25, -0.2) is 0 Å². The highest BCUT2D eigenvalue weighted by atomic mass is 17.1. The lowest BCUT2D eigenvalue weighted by Crippen LogP contribution is -3.08. The van der Waals surface area contributed by atoms with Gasteiger partial charge in [0.15, 0.2) is 11.5 Å². The lowest BCUT2D eigenvalue weighted by Gasteiger charge is -2.18. The van der Waals surface area contributed by atoms with Crippen LogP contribution in [0, 0.1) is 5.21 Å². The second-order valence-electron chi connectivity index (χ2n) is 3.07. The summed E-state index contributed by atoms with van der Waals surface area (Å²) in [4.78, 5) is 9.94. The third kappa shape index (κ3) is 5.01. The van der Waals surface area contributed by atoms with E-state index in [9.17, 15) is 5.21 Å². The van der Waals surface area contributed by atoms with E-state index in [1.807, 2.05) is 13.0 Å². The first-order valence-electron chi connectivity index (χ1n) is 5.16. The van der Waals surface area contributed by atoms with Crippen LogP contribution >= 0.6 is 0 Å². The van der Waals surface area contributed by atoms with E-state index in [2.05, 4.69) is 6.58 Å². The molecule has 0 fully saturated rings. The van der Waals surface area contributed by atoms with E-state index in [0.717, 1.165) is 0 Å². The number of allylic oxidation sites excluding steroid dienone is 4. The second kappa shape index (κ2) is 7.27. The second-order valence-corrected chi connectivity index (χ2v) is 3.07. The molecule has 90 valence electrons. The maximum atomic E-state index is 11.4. The zero-order chi connectivity index (χ0) is 12.5. The van der Waals surface area contributed by atoms with Gasteiger partial charge in [0.1, 0.15) is 0 Å². The largest absolute Gasteiger partial charge is 0.547 e. The molecule has 1 aromatic carbocycles. The molecule has 0 aromatic heterocycles. The molecule has 0 heterocycles. The summed E-state index contributed by atoms with van der Waals surface area (Å²) in [5.41, 5.74) is 0. The summed E-state index contributed by atoms with van der Waals surface area (Å²) in [5.74, 6) is 0.819. The average molecular weight is 233 g/mol. The summed E-state index contributed by atoms with van der Waals surface area (Å²) in [7, 11) is 0. The Kier molecular flexibility index (Phi) is 5.57. The molecule has 17 heavy (non-hydrogen) atoms. The monoisotopic (exact) mass is 233 g/mol. The quantitative estimate of drug-likeness (QED) is 0.464. The number of hydrogen-bond acceptors (Lipinski definition) is 3. The molecule has 1 unspecified atom stereocenters. The molecule has 0 aliphatic carbocycles. The van der Waals surface area contributed by atoms with Crippen molar-refractivity contribution in [3.63, 3.8) is 0 Å². The number of rotatable bonds is 6. The van der Waals surface area contributed by atoms with Gasteiger partial charge in [0.25, 0.3) is 0 Å². The van der Waals surface area contributed by atoms with Crippen LogP contribution in [0.1, 0.15) is 6.92 Å². The van der Waals surface area contributed by atoms with E-state index >= 15 is 0 Å². The third-order valence-electron chi connectivity index (χ3n) is 1.76. The van der Waals surface area contributed by atoms with Crippen LogP contribution in [0.5, 0.6) is 5.75 Å². The topological polar surface area (TPSA) is 46.0 Å². The fourth-order valence-corrected chi connectivity index (χ4v) is 1.11. The van der Waals surface area contributed by atoms with Crippen molar-refractivity contribution in [2.45, 2.75) is 6.92 Å². The smallest absolute Gasteiger partial charge is 0.196 e. The summed E-state index contributed by atoms with van der Waals surface area (Å²) >= 11 is 0. The van der Waals surface area contributed by atoms with Gasteiger partial charge in [0.05, 0.1) is 0 Å². The van der Waals surface area contributed by atoms with Gasteiger partial charge in [-0.2, -0.15) is 0 Å². The molecular weight excluding hydrogens is 218 g/mol. The fourth-order valence-electron chi connectivity index (χ4n) is 1.11. The van der Waals surface area contributed by atoms with Crippen LogP contribution < -0.4 is 10.2 Å². The Labute approximate surface area is 101 Å². The van der Waals surface area contributed by atoms with Crippen molar-refractivity contribution in [3.8, 4) is 5.75 Å². The van der Waals surface area contributed by atoms with E-state index in [1.54, 1.807) is 42.5 Å².